The Labute approximate surface area is 120 Å². The third-order valence-corrected chi connectivity index (χ3v) is 2.96. The maximum absolute atomic E-state index is 11.6. The first kappa shape index (κ1) is 13.6. The normalized spacial score (nSPS) is 10.8. The standard InChI is InChI=1S/C13H11Cl2N3O/c14-11-3-1-10(12(15)5-11)2-4-13(19)16-6-9-7-17-18-8-9/h1-5,7-8H,6H2,(H,16,19)(H,17,18)/b4-2+. The predicted octanol–water partition coefficient (Wildman–Crippen LogP) is 3.05. The minimum Gasteiger partial charge on any atom is -0.348 e. The van der Waals surface area contributed by atoms with Gasteiger partial charge in [-0.15, -0.1) is 0 Å². The van der Waals surface area contributed by atoms with E-state index in [2.05, 4.69) is 15.5 Å². The maximum atomic E-state index is 11.6. The fraction of sp³-hybridized carbons (Fsp3) is 0.0769. The Hall–Kier alpha value is -1.78. The molecule has 0 spiro atoms. The summed E-state index contributed by atoms with van der Waals surface area (Å²) in [5.74, 6) is -0.202. The number of nitrogens with zero attached hydrogens (tertiary/aromatic N) is 1. The Bertz CT molecular complexity index is 594. The number of H-pyrrole nitrogens is 1. The third-order valence-electron chi connectivity index (χ3n) is 2.40. The van der Waals surface area contributed by atoms with Crippen molar-refractivity contribution in [2.75, 3.05) is 0 Å². The van der Waals surface area contributed by atoms with Crippen LogP contribution in [0.3, 0.4) is 0 Å². The van der Waals surface area contributed by atoms with Gasteiger partial charge in [-0.3, -0.25) is 9.89 Å². The monoisotopic (exact) mass is 295 g/mol. The molecule has 6 heteroatoms. The van der Waals surface area contributed by atoms with Gasteiger partial charge in [0.15, 0.2) is 0 Å². The van der Waals surface area contributed by atoms with Gasteiger partial charge in [0.05, 0.1) is 6.20 Å². The SMILES string of the molecule is O=C(/C=C/c1ccc(Cl)cc1Cl)NCc1cn[nH]c1. The van der Waals surface area contributed by atoms with Crippen LogP contribution in [0.25, 0.3) is 6.08 Å². The molecule has 2 N–H and O–H groups in total. The van der Waals surface area contributed by atoms with E-state index >= 15 is 0 Å². The molecule has 0 aliphatic rings. The number of rotatable bonds is 4. The highest BCUT2D eigenvalue weighted by atomic mass is 35.5. The van der Waals surface area contributed by atoms with Crippen LogP contribution in [0.15, 0.2) is 36.7 Å². The van der Waals surface area contributed by atoms with Gasteiger partial charge in [0.25, 0.3) is 0 Å². The minimum absolute atomic E-state index is 0.202. The number of carbonyl (C=O) groups excluding carboxylic acids is 1. The number of nitrogens with one attached hydrogen (secondary N) is 2. The Balaban J connectivity index is 1.92. The Morgan fingerprint density at radius 3 is 2.95 bits per heavy atom. The number of aromatic nitrogens is 2. The van der Waals surface area contributed by atoms with Gasteiger partial charge in [0, 0.05) is 34.4 Å². The number of amides is 1. The molecule has 1 heterocycles. The van der Waals surface area contributed by atoms with Gasteiger partial charge >= 0.3 is 0 Å². The first-order valence-corrected chi connectivity index (χ1v) is 6.29. The quantitative estimate of drug-likeness (QED) is 0.852. The molecule has 98 valence electrons. The number of benzene rings is 1. The van der Waals surface area contributed by atoms with Crippen LogP contribution in [0.2, 0.25) is 10.0 Å². The Kier molecular flexibility index (Phi) is 4.60. The van der Waals surface area contributed by atoms with Crippen LogP contribution in [0, 0.1) is 0 Å². The molecule has 4 nitrogen and oxygen atoms in total. The molecular formula is C13H11Cl2N3O. The second-order valence-electron chi connectivity index (χ2n) is 3.82. The van der Waals surface area contributed by atoms with Crippen LogP contribution in [0.4, 0.5) is 0 Å². The van der Waals surface area contributed by atoms with Crippen molar-refractivity contribution in [3.63, 3.8) is 0 Å². The van der Waals surface area contributed by atoms with E-state index in [1.165, 1.54) is 6.08 Å². The maximum Gasteiger partial charge on any atom is 0.244 e. The van der Waals surface area contributed by atoms with E-state index in [9.17, 15) is 4.79 Å². The van der Waals surface area contributed by atoms with Gasteiger partial charge in [-0.1, -0.05) is 29.3 Å². The highest BCUT2D eigenvalue weighted by Gasteiger charge is 2.00. The summed E-state index contributed by atoms with van der Waals surface area (Å²) in [6.07, 6.45) is 6.44. The molecule has 1 aromatic heterocycles. The van der Waals surface area contributed by atoms with Crippen LogP contribution in [0.1, 0.15) is 11.1 Å². The molecule has 1 amide bonds. The average Bonchev–Trinajstić information content (AvgIpc) is 2.88. The zero-order valence-corrected chi connectivity index (χ0v) is 11.4. The lowest BCUT2D eigenvalue weighted by Gasteiger charge is -2.00. The number of carbonyl (C=O) groups is 1. The number of aromatic amines is 1. The van der Waals surface area contributed by atoms with E-state index in [1.807, 2.05) is 0 Å². The number of hydrogen-bond acceptors (Lipinski definition) is 2. The van der Waals surface area contributed by atoms with Crippen molar-refractivity contribution in [3.8, 4) is 0 Å². The molecule has 19 heavy (non-hydrogen) atoms. The fourth-order valence-corrected chi connectivity index (χ4v) is 1.90. The van der Waals surface area contributed by atoms with Crippen LogP contribution in [-0.4, -0.2) is 16.1 Å². The summed E-state index contributed by atoms with van der Waals surface area (Å²) in [6.45, 7) is 0.425. The molecule has 1 aromatic carbocycles. The zero-order chi connectivity index (χ0) is 13.7. The van der Waals surface area contributed by atoms with Crippen molar-refractivity contribution < 1.29 is 4.79 Å². The molecule has 0 aliphatic carbocycles. The van der Waals surface area contributed by atoms with E-state index < -0.39 is 0 Å². The lowest BCUT2D eigenvalue weighted by atomic mass is 10.2. The van der Waals surface area contributed by atoms with Crippen molar-refractivity contribution in [1.29, 1.82) is 0 Å². The molecule has 0 bridgehead atoms. The second kappa shape index (κ2) is 6.41. The van der Waals surface area contributed by atoms with E-state index in [0.717, 1.165) is 11.1 Å². The molecule has 0 atom stereocenters. The van der Waals surface area contributed by atoms with E-state index in [4.69, 9.17) is 23.2 Å². The molecule has 0 saturated carbocycles. The van der Waals surface area contributed by atoms with Gasteiger partial charge in [0.2, 0.25) is 5.91 Å². The van der Waals surface area contributed by atoms with Crippen molar-refractivity contribution in [2.45, 2.75) is 6.54 Å². The summed E-state index contributed by atoms with van der Waals surface area (Å²) in [5.41, 5.74) is 1.65. The summed E-state index contributed by atoms with van der Waals surface area (Å²) in [5, 5.41) is 10.3. The fourth-order valence-electron chi connectivity index (χ4n) is 1.42. The highest BCUT2D eigenvalue weighted by molar-refractivity contribution is 6.35. The van der Waals surface area contributed by atoms with E-state index in [1.54, 1.807) is 36.7 Å². The molecule has 2 aromatic rings. The Morgan fingerprint density at radius 1 is 1.42 bits per heavy atom. The molecule has 0 saturated heterocycles. The largest absolute Gasteiger partial charge is 0.348 e. The van der Waals surface area contributed by atoms with Crippen molar-refractivity contribution in [1.82, 2.24) is 15.5 Å². The van der Waals surface area contributed by atoms with E-state index in [0.29, 0.717) is 16.6 Å². The summed E-state index contributed by atoms with van der Waals surface area (Å²) in [6, 6.07) is 5.10. The molecule has 0 fully saturated rings. The number of hydrogen-bond donors (Lipinski definition) is 2. The first-order valence-electron chi connectivity index (χ1n) is 5.54. The van der Waals surface area contributed by atoms with Gasteiger partial charge < -0.3 is 5.32 Å². The van der Waals surface area contributed by atoms with Crippen LogP contribution >= 0.6 is 23.2 Å². The zero-order valence-electron chi connectivity index (χ0n) is 9.86. The van der Waals surface area contributed by atoms with Gasteiger partial charge in [0.1, 0.15) is 0 Å². The van der Waals surface area contributed by atoms with Crippen molar-refractivity contribution in [2.24, 2.45) is 0 Å². The van der Waals surface area contributed by atoms with Gasteiger partial charge in [-0.2, -0.15) is 5.10 Å². The molecular weight excluding hydrogens is 285 g/mol. The second-order valence-corrected chi connectivity index (χ2v) is 4.67. The molecule has 0 unspecified atom stereocenters. The molecule has 2 rings (SSSR count). The smallest absolute Gasteiger partial charge is 0.244 e. The van der Waals surface area contributed by atoms with Crippen LogP contribution < -0.4 is 5.32 Å². The lowest BCUT2D eigenvalue weighted by molar-refractivity contribution is -0.116. The van der Waals surface area contributed by atoms with Gasteiger partial charge in [-0.05, 0) is 23.8 Å². The van der Waals surface area contributed by atoms with Crippen molar-refractivity contribution in [3.05, 3.63) is 57.8 Å². The summed E-state index contributed by atoms with van der Waals surface area (Å²) >= 11 is 11.8. The lowest BCUT2D eigenvalue weighted by Crippen LogP contribution is -2.19. The molecule has 0 radical (unpaired) electrons. The average molecular weight is 296 g/mol. The van der Waals surface area contributed by atoms with Gasteiger partial charge in [-0.25, -0.2) is 0 Å². The Morgan fingerprint density at radius 2 is 2.26 bits per heavy atom. The minimum atomic E-state index is -0.202. The van der Waals surface area contributed by atoms with Crippen LogP contribution in [0.5, 0.6) is 0 Å². The van der Waals surface area contributed by atoms with E-state index in [-0.39, 0.29) is 5.91 Å². The molecule has 0 aliphatic heterocycles. The summed E-state index contributed by atoms with van der Waals surface area (Å²) < 4.78 is 0. The van der Waals surface area contributed by atoms with Crippen LogP contribution in [-0.2, 0) is 11.3 Å². The number of halogens is 2. The summed E-state index contributed by atoms with van der Waals surface area (Å²) in [4.78, 5) is 11.6. The summed E-state index contributed by atoms with van der Waals surface area (Å²) in [7, 11) is 0. The van der Waals surface area contributed by atoms with Crippen molar-refractivity contribution >= 4 is 35.2 Å². The predicted molar refractivity (Wildman–Crippen MR) is 75.9 cm³/mol. The highest BCUT2D eigenvalue weighted by Crippen LogP contribution is 2.21. The third kappa shape index (κ3) is 4.12. The first-order chi connectivity index (χ1) is 9.15. The topological polar surface area (TPSA) is 57.8 Å².